The van der Waals surface area contributed by atoms with Gasteiger partial charge in [-0.1, -0.05) is 13.3 Å². The fraction of sp³-hybridized carbons (Fsp3) is 0.600. The minimum atomic E-state index is -3.21. The van der Waals surface area contributed by atoms with E-state index in [2.05, 4.69) is 18.0 Å². The Kier molecular flexibility index (Phi) is 3.46. The fourth-order valence-corrected chi connectivity index (χ4v) is 1.05. The monoisotopic (exact) mass is 148 g/mol. The molecule has 3 nitrogen and oxygen atoms in total. The summed E-state index contributed by atoms with van der Waals surface area (Å²) in [4.78, 5) is 0. The molecule has 0 aromatic carbocycles. The highest BCUT2D eigenvalue weighted by atomic mass is 32.2. The molecule has 0 spiro atoms. The van der Waals surface area contributed by atoms with Gasteiger partial charge in [0.15, 0.2) is 0 Å². The van der Waals surface area contributed by atoms with Gasteiger partial charge in [-0.05, 0) is 6.42 Å². The molecule has 1 radical (unpaired) electrons. The molecule has 0 aliphatic rings. The van der Waals surface area contributed by atoms with E-state index in [4.69, 9.17) is 0 Å². The van der Waals surface area contributed by atoms with Gasteiger partial charge in [0.25, 0.3) is 10.0 Å². The highest BCUT2D eigenvalue weighted by molar-refractivity contribution is 7.90. The summed E-state index contributed by atoms with van der Waals surface area (Å²) in [6.07, 6.45) is 1.18. The summed E-state index contributed by atoms with van der Waals surface area (Å²) < 4.78 is 24.0. The Bertz CT molecular complexity index is 171. The van der Waals surface area contributed by atoms with Gasteiger partial charge in [0.1, 0.15) is 0 Å². The van der Waals surface area contributed by atoms with E-state index in [-0.39, 0.29) is 5.75 Å². The first-order chi connectivity index (χ1) is 4.12. The van der Waals surface area contributed by atoms with Crippen molar-refractivity contribution in [3.05, 3.63) is 6.92 Å². The lowest BCUT2D eigenvalue weighted by molar-refractivity contribution is 0.596. The molecule has 0 aliphatic heterocycles. The molecule has 0 saturated heterocycles. The van der Waals surface area contributed by atoms with E-state index in [0.29, 0.717) is 12.8 Å². The van der Waals surface area contributed by atoms with Crippen LogP contribution in [0.5, 0.6) is 0 Å². The third kappa shape index (κ3) is 4.14. The Morgan fingerprint density at radius 3 is 2.33 bits per heavy atom. The summed E-state index contributed by atoms with van der Waals surface area (Å²) in [6, 6.07) is 0. The van der Waals surface area contributed by atoms with E-state index in [1.807, 2.05) is 0 Å². The Balaban J connectivity index is 3.75. The number of nitrogens with zero attached hydrogens (tertiary/aromatic N) is 1. The zero-order valence-electron chi connectivity index (χ0n) is 5.21. The first kappa shape index (κ1) is 8.62. The third-order valence-corrected chi connectivity index (χ3v) is 2.05. The second-order valence-corrected chi connectivity index (χ2v) is 3.45. The van der Waals surface area contributed by atoms with Crippen molar-refractivity contribution in [1.82, 2.24) is 0 Å². The lowest BCUT2D eigenvalue weighted by atomic mass is 10.4. The average molecular weight is 148 g/mol. The van der Waals surface area contributed by atoms with Crippen LogP contribution in [0.15, 0.2) is 4.40 Å². The Morgan fingerprint density at radius 2 is 2.00 bits per heavy atom. The summed E-state index contributed by atoms with van der Waals surface area (Å²) in [6.45, 7) is 6.42. The van der Waals surface area contributed by atoms with E-state index in [1.165, 1.54) is 0 Å². The van der Waals surface area contributed by atoms with Crippen molar-refractivity contribution in [2.24, 2.45) is 4.40 Å². The molecule has 0 heterocycles. The van der Waals surface area contributed by atoms with Crippen LogP contribution in [0.1, 0.15) is 12.8 Å². The largest absolute Gasteiger partial charge is 0.252 e. The maximum Gasteiger partial charge on any atom is 0.252 e. The van der Waals surface area contributed by atoms with Crippen LogP contribution in [0.3, 0.4) is 0 Å². The molecule has 0 aliphatic carbocycles. The average Bonchev–Trinajstić information content (AvgIpc) is 1.84. The van der Waals surface area contributed by atoms with E-state index in [0.717, 1.165) is 0 Å². The predicted molar refractivity (Wildman–Crippen MR) is 37.9 cm³/mol. The molecule has 0 rings (SSSR count). The van der Waals surface area contributed by atoms with Gasteiger partial charge in [0.05, 0.1) is 5.75 Å². The molecule has 9 heavy (non-hydrogen) atoms. The Hall–Kier alpha value is -0.380. The van der Waals surface area contributed by atoms with Crippen molar-refractivity contribution in [1.29, 1.82) is 0 Å². The standard InChI is InChI=1S/C5H10NO2S/c1-3-4-5-9(7,8)6-2/h1-5H2. The normalized spacial score (nSPS) is 11.2. The van der Waals surface area contributed by atoms with Crippen molar-refractivity contribution >= 4 is 16.7 Å². The zero-order chi connectivity index (χ0) is 7.33. The Morgan fingerprint density at radius 1 is 1.44 bits per heavy atom. The summed E-state index contributed by atoms with van der Waals surface area (Å²) >= 11 is 0. The molecule has 0 fully saturated rings. The third-order valence-electron chi connectivity index (χ3n) is 0.849. The number of rotatable bonds is 4. The SMILES string of the molecule is [CH2]CCCS(=O)(=O)N=C. The maximum atomic E-state index is 10.5. The first-order valence-corrected chi connectivity index (χ1v) is 4.23. The van der Waals surface area contributed by atoms with Crippen molar-refractivity contribution in [3.63, 3.8) is 0 Å². The lowest BCUT2D eigenvalue weighted by Gasteiger charge is -1.92. The van der Waals surface area contributed by atoms with Gasteiger partial charge in [-0.3, -0.25) is 0 Å². The number of hydrogen-bond donors (Lipinski definition) is 0. The molecule has 0 aromatic heterocycles. The van der Waals surface area contributed by atoms with Crippen molar-refractivity contribution in [2.45, 2.75) is 12.8 Å². The lowest BCUT2D eigenvalue weighted by Crippen LogP contribution is -2.00. The second-order valence-electron chi connectivity index (χ2n) is 1.62. The van der Waals surface area contributed by atoms with Crippen LogP contribution in [0.25, 0.3) is 0 Å². The molecule has 0 atom stereocenters. The molecular formula is C5H10NO2S. The molecule has 0 unspecified atom stereocenters. The van der Waals surface area contributed by atoms with Gasteiger partial charge < -0.3 is 0 Å². The summed E-state index contributed by atoms with van der Waals surface area (Å²) in [5.41, 5.74) is 0. The van der Waals surface area contributed by atoms with Gasteiger partial charge in [-0.15, -0.1) is 0 Å². The van der Waals surface area contributed by atoms with Crippen LogP contribution >= 0.6 is 0 Å². The Labute approximate surface area is 55.9 Å². The van der Waals surface area contributed by atoms with E-state index >= 15 is 0 Å². The zero-order valence-corrected chi connectivity index (χ0v) is 6.02. The number of sulfonamides is 1. The highest BCUT2D eigenvalue weighted by Gasteiger charge is 2.02. The number of unbranched alkanes of at least 4 members (excludes halogenated alkanes) is 1. The summed E-state index contributed by atoms with van der Waals surface area (Å²) in [7, 11) is -3.21. The van der Waals surface area contributed by atoms with Gasteiger partial charge in [0.2, 0.25) is 0 Å². The smallest absolute Gasteiger partial charge is 0.205 e. The van der Waals surface area contributed by atoms with Crippen LogP contribution < -0.4 is 0 Å². The maximum absolute atomic E-state index is 10.5. The summed E-state index contributed by atoms with van der Waals surface area (Å²) in [5, 5.41) is 0. The molecule has 0 N–H and O–H groups in total. The molecular weight excluding hydrogens is 138 g/mol. The topological polar surface area (TPSA) is 46.5 Å². The second kappa shape index (κ2) is 3.61. The van der Waals surface area contributed by atoms with Gasteiger partial charge in [0, 0.05) is 6.72 Å². The highest BCUT2D eigenvalue weighted by Crippen LogP contribution is 1.95. The van der Waals surface area contributed by atoms with E-state index in [1.54, 1.807) is 0 Å². The van der Waals surface area contributed by atoms with E-state index < -0.39 is 10.0 Å². The first-order valence-electron chi connectivity index (χ1n) is 2.62. The van der Waals surface area contributed by atoms with Crippen molar-refractivity contribution in [2.75, 3.05) is 5.75 Å². The molecule has 0 amide bonds. The van der Waals surface area contributed by atoms with Gasteiger partial charge in [-0.2, -0.15) is 4.40 Å². The van der Waals surface area contributed by atoms with Crippen LogP contribution in [0.2, 0.25) is 0 Å². The van der Waals surface area contributed by atoms with Gasteiger partial charge >= 0.3 is 0 Å². The minimum absolute atomic E-state index is 0.0694. The number of hydrogen-bond acceptors (Lipinski definition) is 2. The molecule has 0 bridgehead atoms. The predicted octanol–water partition coefficient (Wildman–Crippen LogP) is 0.631. The minimum Gasteiger partial charge on any atom is -0.205 e. The van der Waals surface area contributed by atoms with E-state index in [9.17, 15) is 8.42 Å². The molecule has 4 heteroatoms. The quantitative estimate of drug-likeness (QED) is 0.549. The fourth-order valence-electron chi connectivity index (χ4n) is 0.349. The molecule has 0 aromatic rings. The van der Waals surface area contributed by atoms with Crippen LogP contribution in [0, 0.1) is 6.92 Å². The van der Waals surface area contributed by atoms with Crippen molar-refractivity contribution < 1.29 is 8.42 Å². The molecule has 53 valence electrons. The van der Waals surface area contributed by atoms with Gasteiger partial charge in [-0.25, -0.2) is 8.42 Å². The molecule has 0 saturated carbocycles. The van der Waals surface area contributed by atoms with Crippen LogP contribution in [0.4, 0.5) is 0 Å². The van der Waals surface area contributed by atoms with Crippen LogP contribution in [-0.2, 0) is 10.0 Å². The van der Waals surface area contributed by atoms with Crippen molar-refractivity contribution in [3.8, 4) is 0 Å². The van der Waals surface area contributed by atoms with Crippen LogP contribution in [-0.4, -0.2) is 20.9 Å². The summed E-state index contributed by atoms with van der Waals surface area (Å²) in [5.74, 6) is 0.0694.